The first-order valence-corrected chi connectivity index (χ1v) is 9.81. The molecule has 0 saturated carbocycles. The SMILES string of the molecule is CCOC(=O)c1c(C)[nH]c(C(=O)COC(=O)CN2C(=O)[C@@H]3CC=CC[C@H]3C2=O)c1C. The molecule has 1 aliphatic heterocycles. The number of fused-ring (bicyclic) bond motifs is 1. The highest BCUT2D eigenvalue weighted by molar-refractivity contribution is 6.07. The average Bonchev–Trinajstić information content (AvgIpc) is 3.15. The van der Waals surface area contributed by atoms with Gasteiger partial charge in [-0.25, -0.2) is 4.79 Å². The molecule has 3 rings (SSSR count). The zero-order valence-electron chi connectivity index (χ0n) is 17.1. The molecule has 2 aliphatic rings. The van der Waals surface area contributed by atoms with Crippen LogP contribution in [-0.4, -0.2) is 59.2 Å². The van der Waals surface area contributed by atoms with Crippen LogP contribution in [0.4, 0.5) is 0 Å². The van der Waals surface area contributed by atoms with Crippen LogP contribution in [0.15, 0.2) is 12.2 Å². The fourth-order valence-corrected chi connectivity index (χ4v) is 3.96. The van der Waals surface area contributed by atoms with Crippen molar-refractivity contribution >= 4 is 29.5 Å². The van der Waals surface area contributed by atoms with E-state index in [2.05, 4.69) is 4.98 Å². The number of hydrogen-bond donors (Lipinski definition) is 1. The van der Waals surface area contributed by atoms with Crippen molar-refractivity contribution in [1.29, 1.82) is 0 Å². The fraction of sp³-hybridized carbons (Fsp3) is 0.476. The summed E-state index contributed by atoms with van der Waals surface area (Å²) in [5.41, 5.74) is 1.31. The van der Waals surface area contributed by atoms with Crippen molar-refractivity contribution in [2.45, 2.75) is 33.6 Å². The molecule has 1 aliphatic carbocycles. The van der Waals surface area contributed by atoms with Gasteiger partial charge < -0.3 is 14.5 Å². The number of aromatic nitrogens is 1. The number of likely N-dealkylation sites (tertiary alicyclic amines) is 1. The minimum absolute atomic E-state index is 0.147. The monoisotopic (exact) mass is 416 g/mol. The number of ketones is 1. The van der Waals surface area contributed by atoms with Crippen LogP contribution in [-0.2, 0) is 23.9 Å². The summed E-state index contributed by atoms with van der Waals surface area (Å²) in [6, 6.07) is 0. The molecule has 1 fully saturated rings. The maximum Gasteiger partial charge on any atom is 0.340 e. The molecule has 2 heterocycles. The Labute approximate surface area is 173 Å². The Kier molecular flexibility index (Phi) is 6.19. The van der Waals surface area contributed by atoms with Gasteiger partial charge in [0.1, 0.15) is 6.54 Å². The van der Waals surface area contributed by atoms with E-state index in [1.165, 1.54) is 0 Å². The van der Waals surface area contributed by atoms with E-state index in [1.807, 2.05) is 12.2 Å². The van der Waals surface area contributed by atoms with Gasteiger partial charge in [0.25, 0.3) is 0 Å². The molecule has 1 saturated heterocycles. The third-order valence-electron chi connectivity index (χ3n) is 5.45. The molecule has 1 N–H and O–H groups in total. The number of carbonyl (C=O) groups is 5. The minimum atomic E-state index is -0.844. The van der Waals surface area contributed by atoms with Gasteiger partial charge in [-0.2, -0.15) is 0 Å². The van der Waals surface area contributed by atoms with Gasteiger partial charge in [-0.15, -0.1) is 0 Å². The first-order valence-electron chi connectivity index (χ1n) is 9.81. The Morgan fingerprint density at radius 1 is 1.07 bits per heavy atom. The van der Waals surface area contributed by atoms with Crippen LogP contribution in [0.25, 0.3) is 0 Å². The van der Waals surface area contributed by atoms with E-state index in [1.54, 1.807) is 20.8 Å². The highest BCUT2D eigenvalue weighted by Crippen LogP contribution is 2.34. The van der Waals surface area contributed by atoms with E-state index in [-0.39, 0.29) is 29.7 Å². The first-order chi connectivity index (χ1) is 14.3. The molecule has 0 spiro atoms. The minimum Gasteiger partial charge on any atom is -0.462 e. The normalized spacial score (nSPS) is 20.3. The van der Waals surface area contributed by atoms with Crippen LogP contribution >= 0.6 is 0 Å². The standard InChI is InChI=1S/C21H24N2O7/c1-4-29-21(28)17-11(2)18(22-12(17)3)15(24)10-30-16(25)9-23-19(26)13-7-5-6-8-14(13)20(23)27/h5-6,13-14,22H,4,7-10H2,1-3H3/t13-,14-/m1/s1. The highest BCUT2D eigenvalue weighted by atomic mass is 16.5. The number of carbonyl (C=O) groups excluding carboxylic acids is 5. The molecule has 160 valence electrons. The number of Topliss-reactive ketones (excluding diaryl/α,β-unsaturated/α-hetero) is 1. The maximum absolute atomic E-state index is 12.5. The summed E-state index contributed by atoms with van der Waals surface area (Å²) in [5.74, 6) is -3.54. The van der Waals surface area contributed by atoms with E-state index in [0.717, 1.165) is 4.90 Å². The van der Waals surface area contributed by atoms with Crippen LogP contribution in [0.5, 0.6) is 0 Å². The van der Waals surface area contributed by atoms with Gasteiger partial charge in [0.2, 0.25) is 17.6 Å². The number of nitrogens with one attached hydrogen (secondary N) is 1. The molecular weight excluding hydrogens is 392 g/mol. The van der Waals surface area contributed by atoms with Crippen molar-refractivity contribution in [3.05, 3.63) is 34.7 Å². The van der Waals surface area contributed by atoms with Gasteiger partial charge in [0, 0.05) is 5.69 Å². The molecule has 1 aromatic rings. The van der Waals surface area contributed by atoms with Gasteiger partial charge >= 0.3 is 11.9 Å². The summed E-state index contributed by atoms with van der Waals surface area (Å²) >= 11 is 0. The van der Waals surface area contributed by atoms with Gasteiger partial charge in [-0.1, -0.05) is 12.2 Å². The van der Waals surface area contributed by atoms with E-state index in [4.69, 9.17) is 9.47 Å². The van der Waals surface area contributed by atoms with E-state index < -0.39 is 42.7 Å². The molecule has 0 bridgehead atoms. The van der Waals surface area contributed by atoms with Crippen LogP contribution < -0.4 is 0 Å². The largest absolute Gasteiger partial charge is 0.462 e. The molecule has 9 nitrogen and oxygen atoms in total. The molecule has 30 heavy (non-hydrogen) atoms. The quantitative estimate of drug-likeness (QED) is 0.309. The van der Waals surface area contributed by atoms with Gasteiger partial charge in [0.05, 0.1) is 29.7 Å². The molecule has 0 aromatic carbocycles. The number of ether oxygens (including phenoxy) is 2. The van der Waals surface area contributed by atoms with Crippen LogP contribution in [0.3, 0.4) is 0 Å². The van der Waals surface area contributed by atoms with Gasteiger partial charge in [-0.3, -0.25) is 24.1 Å². The predicted octanol–water partition coefficient (Wildman–Crippen LogP) is 1.49. The molecular formula is C21H24N2O7. The third kappa shape index (κ3) is 3.92. The van der Waals surface area contributed by atoms with Gasteiger partial charge in [0.15, 0.2) is 6.61 Å². The zero-order valence-corrected chi connectivity index (χ0v) is 17.1. The number of rotatable bonds is 7. The number of aryl methyl sites for hydroxylation is 1. The summed E-state index contributed by atoms with van der Waals surface area (Å²) in [6.45, 7) is 4.03. The highest BCUT2D eigenvalue weighted by Gasteiger charge is 2.47. The number of imide groups is 1. The van der Waals surface area contributed by atoms with Crippen molar-refractivity contribution in [2.24, 2.45) is 11.8 Å². The van der Waals surface area contributed by atoms with E-state index >= 15 is 0 Å². The predicted molar refractivity (Wildman–Crippen MR) is 104 cm³/mol. The number of nitrogens with zero attached hydrogens (tertiary/aromatic N) is 1. The number of hydrogen-bond acceptors (Lipinski definition) is 7. The lowest BCUT2D eigenvalue weighted by molar-refractivity contribution is -0.152. The fourth-order valence-electron chi connectivity index (χ4n) is 3.96. The molecule has 0 unspecified atom stereocenters. The van der Waals surface area contributed by atoms with Crippen LogP contribution in [0, 0.1) is 25.7 Å². The van der Waals surface area contributed by atoms with Crippen molar-refractivity contribution in [3.8, 4) is 0 Å². The lowest BCUT2D eigenvalue weighted by atomic mass is 9.85. The van der Waals surface area contributed by atoms with Crippen molar-refractivity contribution in [3.63, 3.8) is 0 Å². The third-order valence-corrected chi connectivity index (χ3v) is 5.45. The molecule has 0 radical (unpaired) electrons. The second kappa shape index (κ2) is 8.64. The Morgan fingerprint density at radius 2 is 1.67 bits per heavy atom. The molecule has 2 amide bonds. The summed E-state index contributed by atoms with van der Waals surface area (Å²) in [7, 11) is 0. The first kappa shape index (κ1) is 21.5. The van der Waals surface area contributed by atoms with E-state index in [0.29, 0.717) is 24.1 Å². The number of esters is 2. The molecule has 2 atom stereocenters. The summed E-state index contributed by atoms with van der Waals surface area (Å²) in [5, 5.41) is 0. The average molecular weight is 416 g/mol. The topological polar surface area (TPSA) is 123 Å². The summed E-state index contributed by atoms with van der Waals surface area (Å²) in [4.78, 5) is 65.2. The summed E-state index contributed by atoms with van der Waals surface area (Å²) in [6.07, 6.45) is 4.68. The Bertz CT molecular complexity index is 917. The van der Waals surface area contributed by atoms with E-state index in [9.17, 15) is 24.0 Å². The second-order valence-corrected chi connectivity index (χ2v) is 7.35. The number of H-pyrrole nitrogens is 1. The number of amides is 2. The summed E-state index contributed by atoms with van der Waals surface area (Å²) < 4.78 is 9.98. The van der Waals surface area contributed by atoms with Crippen molar-refractivity contribution < 1.29 is 33.4 Å². The smallest absolute Gasteiger partial charge is 0.340 e. The Balaban J connectivity index is 1.60. The second-order valence-electron chi connectivity index (χ2n) is 7.35. The molecule has 9 heteroatoms. The Hall–Kier alpha value is -3.23. The number of allylic oxidation sites excluding steroid dienone is 2. The lowest BCUT2D eigenvalue weighted by Gasteiger charge is -2.14. The van der Waals surface area contributed by atoms with Crippen LogP contribution in [0.1, 0.15) is 51.9 Å². The van der Waals surface area contributed by atoms with Crippen molar-refractivity contribution in [1.82, 2.24) is 9.88 Å². The van der Waals surface area contributed by atoms with Gasteiger partial charge in [-0.05, 0) is 39.2 Å². The maximum atomic E-state index is 12.5. The number of aromatic amines is 1. The lowest BCUT2D eigenvalue weighted by Crippen LogP contribution is -2.37. The molecule has 1 aromatic heterocycles. The zero-order chi connectivity index (χ0) is 22.0. The van der Waals surface area contributed by atoms with Crippen LogP contribution in [0.2, 0.25) is 0 Å². The van der Waals surface area contributed by atoms with Crippen molar-refractivity contribution in [2.75, 3.05) is 19.8 Å². The Morgan fingerprint density at radius 3 is 2.23 bits per heavy atom.